The van der Waals surface area contributed by atoms with E-state index in [1.807, 2.05) is 128 Å². The van der Waals surface area contributed by atoms with Gasteiger partial charge in [0.05, 0.1) is 0 Å². The van der Waals surface area contributed by atoms with E-state index < -0.39 is 0 Å². The summed E-state index contributed by atoms with van der Waals surface area (Å²) in [6.45, 7) is 14.8. The number of pyridine rings is 4. The van der Waals surface area contributed by atoms with E-state index in [0.29, 0.717) is 0 Å². The molecule has 4 rings (SSSR count). The Bertz CT molecular complexity index is 1000. The smallest absolute Gasteiger partial charge is 0.285 e. The van der Waals surface area contributed by atoms with Crippen LogP contribution in [-0.2, 0) is 16.5 Å². The molecule has 200 valence electrons. The molecule has 9 heteroatoms. The van der Waals surface area contributed by atoms with Crippen molar-refractivity contribution in [3.05, 3.63) is 118 Å². The van der Waals surface area contributed by atoms with Gasteiger partial charge in [-0.25, -0.2) is 0 Å². The maximum absolute atomic E-state index is 9.12. The summed E-state index contributed by atoms with van der Waals surface area (Å²) in [5.74, 6) is 0. The Morgan fingerprint density at radius 3 is 0.514 bits per heavy atom. The fraction of sp³-hybridized carbons (Fsp3) is 0.286. The Kier molecular flexibility index (Phi) is 14.5. The summed E-state index contributed by atoms with van der Waals surface area (Å²) in [7, 11) is 0. The molecule has 0 aliphatic carbocycles. The van der Waals surface area contributed by atoms with Crippen molar-refractivity contribution in [2.45, 2.75) is 55.4 Å². The van der Waals surface area contributed by atoms with E-state index in [9.17, 15) is 0 Å². The normalized spacial score (nSPS) is 9.30. The van der Waals surface area contributed by atoms with E-state index in [1.165, 1.54) is 18.9 Å². The van der Waals surface area contributed by atoms with Gasteiger partial charge in [-0.15, -0.1) is 0 Å². The van der Waals surface area contributed by atoms with Crippen molar-refractivity contribution in [2.75, 3.05) is 0 Å². The molecule has 0 unspecified atom stereocenters. The van der Waals surface area contributed by atoms with Gasteiger partial charge in [0.15, 0.2) is 0 Å². The van der Waals surface area contributed by atoms with Gasteiger partial charge in [0.1, 0.15) is 0 Å². The van der Waals surface area contributed by atoms with Crippen molar-refractivity contribution >= 4 is 0 Å². The first kappa shape index (κ1) is 33.3. The number of nitrogens with zero attached hydrogens (tertiary/aromatic N) is 4. The van der Waals surface area contributed by atoms with Gasteiger partial charge in [-0.1, -0.05) is 0 Å². The first-order valence-corrected chi connectivity index (χ1v) is 11.6. The van der Waals surface area contributed by atoms with E-state index in [-0.39, 0.29) is 16.5 Å². The van der Waals surface area contributed by atoms with E-state index in [2.05, 4.69) is 0 Å². The minimum Gasteiger partial charge on any atom is -0.285 e. The van der Waals surface area contributed by atoms with Crippen LogP contribution in [0.5, 0.6) is 0 Å². The monoisotopic (exact) mass is 554 g/mol. The average molecular weight is 555 g/mol. The summed E-state index contributed by atoms with van der Waals surface area (Å²) < 4.78 is 4.67. The summed E-state index contributed by atoms with van der Waals surface area (Å²) in [5, 5.41) is 36.5. The summed E-state index contributed by atoms with van der Waals surface area (Å²) in [6.07, 6.45) is 0. The predicted octanol–water partition coefficient (Wildman–Crippen LogP) is 3.31. The third kappa shape index (κ3) is 10.8. The molecule has 8 nitrogen and oxygen atoms in total. The van der Waals surface area contributed by atoms with Crippen LogP contribution in [0.4, 0.5) is 0 Å². The molecule has 4 aromatic rings. The first-order valence-electron chi connectivity index (χ1n) is 11.6. The molecule has 4 heterocycles. The zero-order valence-electron chi connectivity index (χ0n) is 22.8. The fourth-order valence-electron chi connectivity index (χ4n) is 2.98. The number of hydrogen-bond donors (Lipinski definition) is 4. The molecule has 0 spiro atoms. The van der Waals surface area contributed by atoms with Crippen molar-refractivity contribution in [3.63, 3.8) is 0 Å². The molecule has 0 atom stereocenters. The van der Waals surface area contributed by atoms with Gasteiger partial charge in [-0.05, 0) is 24.3 Å². The maximum Gasteiger partial charge on any atom is 2.00 e. The van der Waals surface area contributed by atoms with Crippen LogP contribution in [0.1, 0.15) is 45.6 Å². The Labute approximate surface area is 229 Å². The SMILES string of the molecule is Cc1cccc(C)[n+]1O.Cc1cccc(C)[n+]1O.Cc1cccc(C)[n+]1O.Cc1cccc(C)[n+]1O.[Ni+2]. The van der Waals surface area contributed by atoms with Crippen LogP contribution in [0.25, 0.3) is 0 Å². The largest absolute Gasteiger partial charge is 2.00 e. The fourth-order valence-corrected chi connectivity index (χ4v) is 2.98. The topological polar surface area (TPSA) is 96.4 Å². The van der Waals surface area contributed by atoms with E-state index in [4.69, 9.17) is 20.8 Å². The minimum absolute atomic E-state index is 0. The second-order valence-corrected chi connectivity index (χ2v) is 8.48. The summed E-state index contributed by atoms with van der Waals surface area (Å²) >= 11 is 0. The van der Waals surface area contributed by atoms with Crippen LogP contribution in [0.2, 0.25) is 0 Å². The third-order valence-electron chi connectivity index (χ3n) is 5.37. The van der Waals surface area contributed by atoms with Crippen molar-refractivity contribution in [1.29, 1.82) is 0 Å². The molecule has 0 saturated heterocycles. The number of aromatic nitrogens is 4. The van der Waals surface area contributed by atoms with E-state index in [1.54, 1.807) is 0 Å². The molecule has 0 aliphatic heterocycles. The molecular weight excluding hydrogens is 515 g/mol. The second-order valence-electron chi connectivity index (χ2n) is 8.48. The van der Waals surface area contributed by atoms with Crippen molar-refractivity contribution < 1.29 is 56.2 Å². The molecule has 0 radical (unpaired) electrons. The zero-order valence-corrected chi connectivity index (χ0v) is 23.8. The first-order chi connectivity index (χ1) is 16.9. The van der Waals surface area contributed by atoms with Crippen molar-refractivity contribution in [1.82, 2.24) is 0 Å². The Morgan fingerprint density at radius 1 is 0.324 bits per heavy atom. The van der Waals surface area contributed by atoms with Gasteiger partial charge in [0.25, 0.3) is 0 Å². The van der Waals surface area contributed by atoms with Crippen molar-refractivity contribution in [2.24, 2.45) is 0 Å². The molecule has 4 N–H and O–H groups in total. The van der Waals surface area contributed by atoms with Crippen molar-refractivity contribution in [3.8, 4) is 0 Å². The predicted molar refractivity (Wildman–Crippen MR) is 133 cm³/mol. The van der Waals surface area contributed by atoms with Crippen LogP contribution in [0.15, 0.2) is 72.8 Å². The van der Waals surface area contributed by atoms with Crippen LogP contribution in [0.3, 0.4) is 0 Å². The van der Waals surface area contributed by atoms with Gasteiger partial charge >= 0.3 is 16.5 Å². The quantitative estimate of drug-likeness (QED) is 0.152. The number of hydrogen-bond acceptors (Lipinski definition) is 4. The Morgan fingerprint density at radius 2 is 0.432 bits per heavy atom. The summed E-state index contributed by atoms with van der Waals surface area (Å²) in [6, 6.07) is 22.5. The van der Waals surface area contributed by atoms with Crippen LogP contribution < -0.4 is 18.9 Å². The minimum atomic E-state index is 0. The molecular formula is C28H40N4NiO4+6. The Hall–Kier alpha value is -3.71. The van der Waals surface area contributed by atoms with Gasteiger partial charge in [0, 0.05) is 123 Å². The average Bonchev–Trinajstić information content (AvgIpc) is 2.84. The summed E-state index contributed by atoms with van der Waals surface area (Å²) in [5.41, 5.74) is 6.85. The standard InChI is InChI=1S/4C7H10NO.Ni/c4*1-6-4-3-5-7(2)8(6)9;/h4*3-5,9H,1-2H3;/q4*+1;+2. The van der Waals surface area contributed by atoms with Crippen LogP contribution >= 0.6 is 0 Å². The summed E-state index contributed by atoms with van der Waals surface area (Å²) in [4.78, 5) is 0. The molecule has 4 aromatic heterocycles. The molecule has 0 aliphatic rings. The molecule has 0 fully saturated rings. The van der Waals surface area contributed by atoms with E-state index in [0.717, 1.165) is 45.6 Å². The Balaban J connectivity index is 0.000000463. The third-order valence-corrected chi connectivity index (χ3v) is 5.37. The van der Waals surface area contributed by atoms with Gasteiger partial charge in [-0.2, -0.15) is 0 Å². The molecule has 0 aromatic carbocycles. The second kappa shape index (κ2) is 16.1. The molecule has 0 saturated carbocycles. The van der Waals surface area contributed by atoms with Gasteiger partial charge < -0.3 is 0 Å². The zero-order chi connectivity index (χ0) is 27.4. The molecule has 0 amide bonds. The number of rotatable bonds is 0. The molecule has 37 heavy (non-hydrogen) atoms. The molecule has 0 bridgehead atoms. The van der Waals surface area contributed by atoms with Crippen LogP contribution in [-0.4, -0.2) is 20.8 Å². The van der Waals surface area contributed by atoms with Gasteiger partial charge in [-0.3, -0.25) is 20.8 Å². The number of aryl methyl sites for hydroxylation is 8. The van der Waals surface area contributed by atoms with E-state index >= 15 is 0 Å². The van der Waals surface area contributed by atoms with Gasteiger partial charge in [0.2, 0.25) is 45.6 Å². The van der Waals surface area contributed by atoms with Crippen LogP contribution in [0, 0.1) is 55.4 Å². The maximum atomic E-state index is 9.12.